The molecule has 0 bridgehead atoms. The molecule has 4 unspecified atom stereocenters. The first kappa shape index (κ1) is 17.0. The van der Waals surface area contributed by atoms with Crippen LogP contribution in [0.4, 0.5) is 0 Å². The summed E-state index contributed by atoms with van der Waals surface area (Å²) in [5.74, 6) is -1.26. The maximum absolute atomic E-state index is 12.7. The third-order valence-corrected chi connectivity index (χ3v) is 5.58. The number of hydrogen-bond donors (Lipinski definition) is 2. The molecule has 2 aliphatic rings. The smallest absolute Gasteiger partial charge is 0.326 e. The monoisotopic (exact) mass is 353 g/mol. The second-order valence-electron chi connectivity index (χ2n) is 7.32. The highest BCUT2D eigenvalue weighted by atomic mass is 16.5. The Kier molecular flexibility index (Phi) is 4.64. The van der Waals surface area contributed by atoms with Gasteiger partial charge < -0.3 is 15.2 Å². The van der Waals surface area contributed by atoms with Gasteiger partial charge in [0.2, 0.25) is 5.91 Å². The van der Waals surface area contributed by atoms with Gasteiger partial charge in [-0.15, -0.1) is 0 Å². The van der Waals surface area contributed by atoms with Crippen molar-refractivity contribution in [2.24, 2.45) is 11.8 Å². The first-order valence-electron chi connectivity index (χ1n) is 9.23. The molecule has 2 aromatic carbocycles. The van der Waals surface area contributed by atoms with E-state index in [4.69, 9.17) is 4.74 Å². The number of carboxylic acids is 1. The minimum atomic E-state index is -0.976. The molecule has 0 aromatic heterocycles. The summed E-state index contributed by atoms with van der Waals surface area (Å²) in [5.41, 5.74) is 1.18. The number of carbonyl (C=O) groups is 2. The van der Waals surface area contributed by atoms with Crippen molar-refractivity contribution < 1.29 is 19.4 Å². The fourth-order valence-electron chi connectivity index (χ4n) is 4.07. The van der Waals surface area contributed by atoms with Gasteiger partial charge >= 0.3 is 5.97 Å². The highest BCUT2D eigenvalue weighted by molar-refractivity contribution is 5.91. The molecule has 2 N–H and O–H groups in total. The minimum Gasteiger partial charge on any atom is -0.480 e. The molecule has 5 nitrogen and oxygen atoms in total. The molecule has 1 aliphatic carbocycles. The van der Waals surface area contributed by atoms with Crippen molar-refractivity contribution >= 4 is 22.6 Å². The van der Waals surface area contributed by atoms with Gasteiger partial charge in [-0.25, -0.2) is 4.79 Å². The Morgan fingerprint density at radius 1 is 1.15 bits per heavy atom. The molecular weight excluding hydrogens is 330 g/mol. The zero-order chi connectivity index (χ0) is 18.1. The molecule has 4 atom stereocenters. The number of amides is 1. The predicted molar refractivity (Wildman–Crippen MR) is 97.9 cm³/mol. The molecule has 1 aliphatic heterocycles. The molecule has 0 spiro atoms. The van der Waals surface area contributed by atoms with E-state index in [0.717, 1.165) is 19.3 Å². The van der Waals surface area contributed by atoms with Crippen LogP contribution in [0.2, 0.25) is 0 Å². The van der Waals surface area contributed by atoms with Crippen molar-refractivity contribution in [2.45, 2.75) is 31.2 Å². The second kappa shape index (κ2) is 7.08. The molecule has 136 valence electrons. The van der Waals surface area contributed by atoms with E-state index in [1.807, 2.05) is 18.2 Å². The normalized spacial score (nSPS) is 26.2. The number of hydrogen-bond acceptors (Lipinski definition) is 3. The molecule has 0 radical (unpaired) electrons. The molecule has 5 heteroatoms. The molecule has 2 aromatic rings. The van der Waals surface area contributed by atoms with Crippen LogP contribution in [0.15, 0.2) is 42.5 Å². The van der Waals surface area contributed by atoms with Gasteiger partial charge in [-0.2, -0.15) is 0 Å². The van der Waals surface area contributed by atoms with Crippen LogP contribution in [-0.2, 0) is 14.3 Å². The number of carbonyl (C=O) groups excluding carboxylic acids is 1. The quantitative estimate of drug-likeness (QED) is 0.867. The Balaban J connectivity index is 1.47. The van der Waals surface area contributed by atoms with Gasteiger partial charge in [0, 0.05) is 18.4 Å². The maximum atomic E-state index is 12.7. The average Bonchev–Trinajstić information content (AvgIpc) is 3.46. The second-order valence-corrected chi connectivity index (χ2v) is 7.32. The Morgan fingerprint density at radius 3 is 2.73 bits per heavy atom. The molecule has 26 heavy (non-hydrogen) atoms. The van der Waals surface area contributed by atoms with Crippen LogP contribution in [-0.4, -0.2) is 36.2 Å². The largest absolute Gasteiger partial charge is 0.480 e. The summed E-state index contributed by atoms with van der Waals surface area (Å²) in [7, 11) is 0. The van der Waals surface area contributed by atoms with E-state index < -0.39 is 12.0 Å². The average molecular weight is 353 g/mol. The zero-order valence-electron chi connectivity index (χ0n) is 14.6. The standard InChI is InChI=1S/C21H23NO4/c23-20(22-19(21(24)25)14-7-4-10-26-12-14)18-11-17(18)16-9-3-6-13-5-1-2-8-15(13)16/h1-3,5-6,8-9,14,17-19H,4,7,10-12H2,(H,22,23)(H,24,25). The summed E-state index contributed by atoms with van der Waals surface area (Å²) in [5, 5.41) is 14.6. The number of carboxylic acid groups (broad SMARTS) is 1. The lowest BCUT2D eigenvalue weighted by Crippen LogP contribution is -2.49. The third kappa shape index (κ3) is 3.31. The van der Waals surface area contributed by atoms with E-state index in [1.54, 1.807) is 0 Å². The molecule has 1 saturated heterocycles. The lowest BCUT2D eigenvalue weighted by molar-refractivity contribution is -0.145. The van der Waals surface area contributed by atoms with Crippen molar-refractivity contribution in [1.82, 2.24) is 5.32 Å². The summed E-state index contributed by atoms with van der Waals surface area (Å²) < 4.78 is 5.39. The van der Waals surface area contributed by atoms with Gasteiger partial charge in [0.05, 0.1) is 6.61 Å². The lowest BCUT2D eigenvalue weighted by Gasteiger charge is -2.28. The number of benzene rings is 2. The molecular formula is C21H23NO4. The molecule has 1 amide bonds. The number of nitrogens with one attached hydrogen (secondary N) is 1. The summed E-state index contributed by atoms with van der Waals surface area (Å²) in [6, 6.07) is 13.5. The van der Waals surface area contributed by atoms with E-state index in [1.165, 1.54) is 16.3 Å². The molecule has 1 saturated carbocycles. The van der Waals surface area contributed by atoms with Crippen LogP contribution in [0.1, 0.15) is 30.7 Å². The highest BCUT2D eigenvalue weighted by Crippen LogP contribution is 2.49. The zero-order valence-corrected chi connectivity index (χ0v) is 14.6. The van der Waals surface area contributed by atoms with Gasteiger partial charge in [0.25, 0.3) is 0 Å². The predicted octanol–water partition coefficient (Wildman–Crippen LogP) is 2.94. The van der Waals surface area contributed by atoms with Crippen LogP contribution >= 0.6 is 0 Å². The van der Waals surface area contributed by atoms with Crippen molar-refractivity contribution in [1.29, 1.82) is 0 Å². The topological polar surface area (TPSA) is 75.6 Å². The summed E-state index contributed by atoms with van der Waals surface area (Å²) >= 11 is 0. The van der Waals surface area contributed by atoms with E-state index >= 15 is 0 Å². The van der Waals surface area contributed by atoms with Crippen LogP contribution < -0.4 is 5.32 Å². The number of ether oxygens (including phenoxy) is 1. The first-order chi connectivity index (χ1) is 12.6. The van der Waals surface area contributed by atoms with Crippen molar-refractivity contribution in [3.05, 3.63) is 48.0 Å². The minimum absolute atomic E-state index is 0.146. The molecule has 2 fully saturated rings. The molecule has 4 rings (SSSR count). The van der Waals surface area contributed by atoms with E-state index in [2.05, 4.69) is 29.6 Å². The lowest BCUT2D eigenvalue weighted by atomic mass is 9.93. The first-order valence-corrected chi connectivity index (χ1v) is 9.23. The van der Waals surface area contributed by atoms with Crippen LogP contribution in [0.3, 0.4) is 0 Å². The number of aliphatic carboxylic acids is 1. The fraction of sp³-hybridized carbons (Fsp3) is 0.429. The van der Waals surface area contributed by atoms with E-state index in [-0.39, 0.29) is 23.7 Å². The van der Waals surface area contributed by atoms with Crippen molar-refractivity contribution in [3.63, 3.8) is 0 Å². The van der Waals surface area contributed by atoms with E-state index in [9.17, 15) is 14.7 Å². The van der Waals surface area contributed by atoms with Crippen LogP contribution in [0, 0.1) is 11.8 Å². The van der Waals surface area contributed by atoms with Gasteiger partial charge in [-0.05, 0) is 41.5 Å². The van der Waals surface area contributed by atoms with E-state index in [0.29, 0.717) is 13.2 Å². The van der Waals surface area contributed by atoms with Crippen molar-refractivity contribution in [2.75, 3.05) is 13.2 Å². The fourth-order valence-corrected chi connectivity index (χ4v) is 4.07. The number of rotatable bonds is 5. The Bertz CT molecular complexity index is 822. The Labute approximate surface area is 152 Å². The Hall–Kier alpha value is -2.40. The highest BCUT2D eigenvalue weighted by Gasteiger charge is 2.46. The SMILES string of the molecule is O=C(NC(C(=O)O)C1CCCOC1)C1CC1c1cccc2ccccc12. The van der Waals surface area contributed by atoms with Gasteiger partial charge in [-0.3, -0.25) is 4.79 Å². The van der Waals surface area contributed by atoms with Gasteiger partial charge in [-0.1, -0.05) is 42.5 Å². The van der Waals surface area contributed by atoms with Gasteiger partial charge in [0.1, 0.15) is 6.04 Å². The van der Waals surface area contributed by atoms with Gasteiger partial charge in [0.15, 0.2) is 0 Å². The third-order valence-electron chi connectivity index (χ3n) is 5.58. The maximum Gasteiger partial charge on any atom is 0.326 e. The summed E-state index contributed by atoms with van der Waals surface area (Å²) in [4.78, 5) is 24.3. The number of fused-ring (bicyclic) bond motifs is 1. The van der Waals surface area contributed by atoms with Crippen LogP contribution in [0.5, 0.6) is 0 Å². The molecule has 1 heterocycles. The summed E-state index contributed by atoms with van der Waals surface area (Å²) in [6.07, 6.45) is 2.38. The Morgan fingerprint density at radius 2 is 1.96 bits per heavy atom. The summed E-state index contributed by atoms with van der Waals surface area (Å²) in [6.45, 7) is 1.07. The van der Waals surface area contributed by atoms with Crippen LogP contribution in [0.25, 0.3) is 10.8 Å². The van der Waals surface area contributed by atoms with Crippen molar-refractivity contribution in [3.8, 4) is 0 Å².